The van der Waals surface area contributed by atoms with Crippen LogP contribution in [0.4, 0.5) is 13.2 Å². The van der Waals surface area contributed by atoms with Crippen LogP contribution in [0.2, 0.25) is 0 Å². The van der Waals surface area contributed by atoms with Gasteiger partial charge in [-0.1, -0.05) is 0 Å². The van der Waals surface area contributed by atoms with E-state index in [1.54, 1.807) is 18.5 Å². The van der Waals surface area contributed by atoms with Gasteiger partial charge in [0.2, 0.25) is 0 Å². The molecule has 0 saturated heterocycles. The molecule has 0 amide bonds. The average Bonchev–Trinajstić information content (AvgIpc) is 2.62. The van der Waals surface area contributed by atoms with Crippen LogP contribution in [0, 0.1) is 24.4 Å². The molecular weight excluding hydrogens is 353 g/mol. The largest absolute Gasteiger partial charge is 0.490 e. The number of pyridine rings is 1. The van der Waals surface area contributed by atoms with Gasteiger partial charge in [0.05, 0.1) is 0 Å². The van der Waals surface area contributed by atoms with Crippen molar-refractivity contribution in [3.05, 3.63) is 71.3 Å². The van der Waals surface area contributed by atoms with Gasteiger partial charge in [-0.05, 0) is 55.0 Å². The monoisotopic (exact) mass is 372 g/mol. The highest BCUT2D eigenvalue weighted by atomic mass is 19.2. The second-order valence-corrected chi connectivity index (χ2v) is 6.95. The molecule has 0 unspecified atom stereocenters. The first kappa shape index (κ1) is 17.8. The van der Waals surface area contributed by atoms with Gasteiger partial charge in [0, 0.05) is 42.0 Å². The fraction of sp³-hybridized carbons (Fsp3) is 0.286. The van der Waals surface area contributed by atoms with E-state index in [-0.39, 0.29) is 23.5 Å². The molecule has 1 saturated carbocycles. The Morgan fingerprint density at radius 1 is 1.11 bits per heavy atom. The number of aromatic nitrogens is 1. The summed E-state index contributed by atoms with van der Waals surface area (Å²) < 4.78 is 46.7. The van der Waals surface area contributed by atoms with Gasteiger partial charge in [-0.2, -0.15) is 0 Å². The van der Waals surface area contributed by atoms with Crippen LogP contribution in [0.5, 0.6) is 5.75 Å². The van der Waals surface area contributed by atoms with E-state index in [0.29, 0.717) is 17.9 Å². The summed E-state index contributed by atoms with van der Waals surface area (Å²) in [5.74, 6) is -1.66. The van der Waals surface area contributed by atoms with Gasteiger partial charge in [-0.15, -0.1) is 0 Å². The highest BCUT2D eigenvalue weighted by molar-refractivity contribution is 5.84. The van der Waals surface area contributed by atoms with Crippen LogP contribution in [0.15, 0.2) is 42.7 Å². The summed E-state index contributed by atoms with van der Waals surface area (Å²) in [6.45, 7) is 1.92. The smallest absolute Gasteiger partial charge is 0.162 e. The average molecular weight is 372 g/mol. The van der Waals surface area contributed by atoms with Crippen molar-refractivity contribution in [3.63, 3.8) is 0 Å². The van der Waals surface area contributed by atoms with Gasteiger partial charge in [0.25, 0.3) is 0 Å². The van der Waals surface area contributed by atoms with E-state index in [9.17, 15) is 13.2 Å². The molecule has 1 aliphatic rings. The summed E-state index contributed by atoms with van der Waals surface area (Å²) >= 11 is 0. The first-order valence-corrected chi connectivity index (χ1v) is 8.88. The number of hydrogen-bond donors (Lipinski definition) is 1. The van der Waals surface area contributed by atoms with Crippen molar-refractivity contribution in [2.45, 2.75) is 38.5 Å². The Labute approximate surface area is 155 Å². The molecule has 0 bridgehead atoms. The predicted octanol–water partition coefficient (Wildman–Crippen LogP) is 4.66. The Kier molecular flexibility index (Phi) is 4.74. The first-order valence-electron chi connectivity index (χ1n) is 8.88. The third-order valence-electron chi connectivity index (χ3n) is 5.02. The van der Waals surface area contributed by atoms with Crippen molar-refractivity contribution in [1.29, 1.82) is 0 Å². The van der Waals surface area contributed by atoms with E-state index in [4.69, 9.17) is 4.74 Å². The fourth-order valence-electron chi connectivity index (χ4n) is 3.42. The molecule has 3 nitrogen and oxygen atoms in total. The number of nitrogens with zero attached hydrogens (tertiary/aromatic N) is 1. The molecule has 1 N–H and O–H groups in total. The SMILES string of the molecule is Cc1cc(OC2CC(NCc3c(F)ccc4cnccc34)C2)cc(F)c1F. The van der Waals surface area contributed by atoms with Crippen molar-refractivity contribution in [2.75, 3.05) is 0 Å². The Bertz CT molecular complexity index is 963. The molecule has 0 atom stereocenters. The minimum Gasteiger partial charge on any atom is -0.490 e. The van der Waals surface area contributed by atoms with Gasteiger partial charge in [-0.3, -0.25) is 4.98 Å². The summed E-state index contributed by atoms with van der Waals surface area (Å²) in [6.07, 6.45) is 4.77. The Balaban J connectivity index is 1.35. The standard InChI is InChI=1S/C21H19F3N2O/c1-12-6-15(9-20(23)21(12)24)27-16-7-14(8-16)26-11-18-17-4-5-25-10-13(17)2-3-19(18)22/h2-6,9-10,14,16,26H,7-8,11H2,1H3. The third-order valence-corrected chi connectivity index (χ3v) is 5.02. The highest BCUT2D eigenvalue weighted by Gasteiger charge is 2.31. The fourth-order valence-corrected chi connectivity index (χ4v) is 3.42. The summed E-state index contributed by atoms with van der Waals surface area (Å²) in [6, 6.07) is 7.75. The molecule has 0 aliphatic heterocycles. The van der Waals surface area contributed by atoms with Crippen molar-refractivity contribution >= 4 is 10.8 Å². The summed E-state index contributed by atoms with van der Waals surface area (Å²) in [5, 5.41) is 5.09. The van der Waals surface area contributed by atoms with Crippen LogP contribution < -0.4 is 10.1 Å². The van der Waals surface area contributed by atoms with Crippen LogP contribution in [0.1, 0.15) is 24.0 Å². The van der Waals surface area contributed by atoms with Crippen LogP contribution >= 0.6 is 0 Å². The Morgan fingerprint density at radius 2 is 1.93 bits per heavy atom. The van der Waals surface area contributed by atoms with Gasteiger partial charge in [-0.25, -0.2) is 13.2 Å². The summed E-state index contributed by atoms with van der Waals surface area (Å²) in [4.78, 5) is 4.06. The number of ether oxygens (including phenoxy) is 1. The number of hydrogen-bond acceptors (Lipinski definition) is 3. The van der Waals surface area contributed by atoms with Crippen molar-refractivity contribution < 1.29 is 17.9 Å². The Morgan fingerprint density at radius 3 is 2.70 bits per heavy atom. The molecule has 140 valence electrons. The topological polar surface area (TPSA) is 34.1 Å². The van der Waals surface area contributed by atoms with Crippen molar-refractivity contribution in [1.82, 2.24) is 10.3 Å². The van der Waals surface area contributed by atoms with Crippen LogP contribution in [0.25, 0.3) is 10.8 Å². The van der Waals surface area contributed by atoms with E-state index in [0.717, 1.165) is 29.7 Å². The first-order chi connectivity index (χ1) is 13.0. The maximum Gasteiger partial charge on any atom is 0.162 e. The molecule has 6 heteroatoms. The zero-order valence-corrected chi connectivity index (χ0v) is 14.8. The van der Waals surface area contributed by atoms with Crippen LogP contribution in [0.3, 0.4) is 0 Å². The lowest BCUT2D eigenvalue weighted by atomic mass is 9.89. The third kappa shape index (κ3) is 3.62. The summed E-state index contributed by atoms with van der Waals surface area (Å²) in [5.41, 5.74) is 0.843. The zero-order chi connectivity index (χ0) is 19.0. The van der Waals surface area contributed by atoms with Gasteiger partial charge >= 0.3 is 0 Å². The lowest BCUT2D eigenvalue weighted by Crippen LogP contribution is -2.46. The van der Waals surface area contributed by atoms with Crippen LogP contribution in [-0.2, 0) is 6.54 Å². The molecule has 4 rings (SSSR count). The predicted molar refractivity (Wildman–Crippen MR) is 97.1 cm³/mol. The maximum absolute atomic E-state index is 14.2. The zero-order valence-electron chi connectivity index (χ0n) is 14.8. The minimum atomic E-state index is -0.903. The van der Waals surface area contributed by atoms with Crippen molar-refractivity contribution in [2.24, 2.45) is 0 Å². The molecule has 0 radical (unpaired) electrons. The van der Waals surface area contributed by atoms with E-state index in [1.165, 1.54) is 19.1 Å². The van der Waals surface area contributed by atoms with Gasteiger partial charge in [0.1, 0.15) is 17.7 Å². The highest BCUT2D eigenvalue weighted by Crippen LogP contribution is 2.29. The van der Waals surface area contributed by atoms with E-state index >= 15 is 0 Å². The molecule has 1 aromatic heterocycles. The molecule has 1 aliphatic carbocycles. The molecule has 2 aromatic carbocycles. The quantitative estimate of drug-likeness (QED) is 0.707. The lowest BCUT2D eigenvalue weighted by Gasteiger charge is -2.36. The number of nitrogens with one attached hydrogen (secondary N) is 1. The molecular formula is C21H19F3N2O. The molecule has 1 fully saturated rings. The van der Waals surface area contributed by atoms with E-state index < -0.39 is 11.6 Å². The summed E-state index contributed by atoms with van der Waals surface area (Å²) in [7, 11) is 0. The number of rotatable bonds is 5. The van der Waals surface area contributed by atoms with Gasteiger partial charge < -0.3 is 10.1 Å². The van der Waals surface area contributed by atoms with Gasteiger partial charge in [0.15, 0.2) is 11.6 Å². The molecule has 3 aromatic rings. The second kappa shape index (κ2) is 7.19. The maximum atomic E-state index is 14.2. The minimum absolute atomic E-state index is 0.0617. The molecule has 0 spiro atoms. The van der Waals surface area contributed by atoms with Crippen LogP contribution in [-0.4, -0.2) is 17.1 Å². The number of fused-ring (bicyclic) bond motifs is 1. The lowest BCUT2D eigenvalue weighted by molar-refractivity contribution is 0.0837. The normalized spacial score (nSPS) is 19.1. The van der Waals surface area contributed by atoms with Crippen molar-refractivity contribution in [3.8, 4) is 5.75 Å². The molecule has 27 heavy (non-hydrogen) atoms. The number of halogens is 3. The van der Waals surface area contributed by atoms with E-state index in [2.05, 4.69) is 10.3 Å². The van der Waals surface area contributed by atoms with E-state index in [1.807, 2.05) is 6.07 Å². The molecule has 1 heterocycles. The number of aryl methyl sites for hydroxylation is 1. The second-order valence-electron chi connectivity index (χ2n) is 6.95. The number of benzene rings is 2. The Hall–Kier alpha value is -2.60.